The van der Waals surface area contributed by atoms with Crippen LogP contribution in [0.5, 0.6) is 5.75 Å². The maximum atomic E-state index is 12.5. The predicted molar refractivity (Wildman–Crippen MR) is 111 cm³/mol. The van der Waals surface area contributed by atoms with Crippen LogP contribution in [0.4, 0.5) is 0 Å². The molecule has 0 fully saturated rings. The number of nitrogens with one attached hydrogen (secondary N) is 1. The molecule has 28 heavy (non-hydrogen) atoms. The molecule has 0 radical (unpaired) electrons. The van der Waals surface area contributed by atoms with Crippen molar-refractivity contribution < 1.29 is 18.2 Å². The third kappa shape index (κ3) is 6.80. The largest absolute Gasteiger partial charge is 0.497 e. The summed E-state index contributed by atoms with van der Waals surface area (Å²) in [6.07, 6.45) is 2.32. The Morgan fingerprint density at radius 2 is 1.89 bits per heavy atom. The second-order valence-corrected chi connectivity index (χ2v) is 7.93. The van der Waals surface area contributed by atoms with Crippen LogP contribution in [-0.4, -0.2) is 48.3 Å². The van der Waals surface area contributed by atoms with E-state index < -0.39 is 10.8 Å². The molecular formula is C21H30N2O4S. The number of nitrogens with zero attached hydrogens (tertiary/aromatic N) is 1. The van der Waals surface area contributed by atoms with Crippen molar-refractivity contribution in [2.24, 2.45) is 0 Å². The number of furan rings is 1. The average molecular weight is 407 g/mol. The highest BCUT2D eigenvalue weighted by Gasteiger charge is 2.14. The van der Waals surface area contributed by atoms with Crippen molar-refractivity contribution in [3.63, 3.8) is 0 Å². The van der Waals surface area contributed by atoms with Gasteiger partial charge in [0.15, 0.2) is 5.76 Å². The third-order valence-electron chi connectivity index (χ3n) is 4.47. The maximum absolute atomic E-state index is 12.5. The normalized spacial score (nSPS) is 12.1. The first kappa shape index (κ1) is 22.2. The molecule has 1 aromatic carbocycles. The lowest BCUT2D eigenvalue weighted by Crippen LogP contribution is -2.35. The first-order valence-electron chi connectivity index (χ1n) is 9.69. The zero-order valence-corrected chi connectivity index (χ0v) is 17.7. The van der Waals surface area contributed by atoms with Gasteiger partial charge < -0.3 is 19.4 Å². The van der Waals surface area contributed by atoms with E-state index in [1.807, 2.05) is 0 Å². The fourth-order valence-corrected chi connectivity index (χ4v) is 3.76. The monoisotopic (exact) mass is 406 g/mol. The Labute approximate surface area is 169 Å². The van der Waals surface area contributed by atoms with Gasteiger partial charge in [0.1, 0.15) is 11.5 Å². The van der Waals surface area contributed by atoms with Crippen LogP contribution in [0.25, 0.3) is 0 Å². The summed E-state index contributed by atoms with van der Waals surface area (Å²) < 4.78 is 23.2. The van der Waals surface area contributed by atoms with Gasteiger partial charge in [0.25, 0.3) is 5.91 Å². The summed E-state index contributed by atoms with van der Waals surface area (Å²) in [5.74, 6) is 1.47. The number of ether oxygens (including phenoxy) is 1. The number of likely N-dealkylation sites (N-methyl/N-ethyl adjacent to an activating group) is 1. The topological polar surface area (TPSA) is 71.8 Å². The van der Waals surface area contributed by atoms with Crippen LogP contribution in [0.2, 0.25) is 0 Å². The van der Waals surface area contributed by atoms with Gasteiger partial charge in [-0.15, -0.1) is 0 Å². The Hall–Kier alpha value is -2.12. The molecule has 0 aliphatic rings. The minimum absolute atomic E-state index is 0.222. The summed E-state index contributed by atoms with van der Waals surface area (Å²) in [6.45, 7) is 7.70. The van der Waals surface area contributed by atoms with Gasteiger partial charge in [-0.1, -0.05) is 20.3 Å². The smallest absolute Gasteiger partial charge is 0.287 e. The minimum atomic E-state index is -1.25. The van der Waals surface area contributed by atoms with Crippen molar-refractivity contribution in [3.8, 4) is 5.75 Å². The summed E-state index contributed by atoms with van der Waals surface area (Å²) in [5, 5.41) is 2.89. The Bertz CT molecular complexity index is 758. The van der Waals surface area contributed by atoms with E-state index >= 15 is 0 Å². The summed E-state index contributed by atoms with van der Waals surface area (Å²) in [4.78, 5) is 15.3. The number of amides is 1. The summed E-state index contributed by atoms with van der Waals surface area (Å²) in [5.41, 5.74) is 0. The lowest BCUT2D eigenvalue weighted by atomic mass is 10.3. The summed E-state index contributed by atoms with van der Waals surface area (Å²) in [6, 6.07) is 10.4. The fraction of sp³-hybridized carbons (Fsp3) is 0.476. The second-order valence-electron chi connectivity index (χ2n) is 6.48. The van der Waals surface area contributed by atoms with Gasteiger partial charge in [-0.3, -0.25) is 9.00 Å². The highest BCUT2D eigenvalue weighted by Crippen LogP contribution is 2.18. The number of hydrogen-bond donors (Lipinski definition) is 1. The van der Waals surface area contributed by atoms with Crippen molar-refractivity contribution in [1.82, 2.24) is 10.2 Å². The van der Waals surface area contributed by atoms with Gasteiger partial charge in [-0.05, 0) is 55.9 Å². The van der Waals surface area contributed by atoms with Crippen LogP contribution in [0.3, 0.4) is 0 Å². The first-order chi connectivity index (χ1) is 13.6. The Morgan fingerprint density at radius 1 is 1.14 bits per heavy atom. The zero-order chi connectivity index (χ0) is 20.4. The standard InChI is InChI=1S/C21H30N2O4S/c1-4-6-14-23(5-2)15-13-22-21(24)20-12-9-18(27-20)16-28(25)19-10-7-17(26-3)8-11-19/h7-12H,4-6,13-16H2,1-3H3,(H,22,24)/t28-/m1/s1. The van der Waals surface area contributed by atoms with Gasteiger partial charge in [-0.2, -0.15) is 0 Å². The zero-order valence-electron chi connectivity index (χ0n) is 16.9. The molecule has 1 amide bonds. The highest BCUT2D eigenvalue weighted by atomic mass is 32.2. The van der Waals surface area contributed by atoms with Gasteiger partial charge in [0, 0.05) is 18.0 Å². The summed E-state index contributed by atoms with van der Waals surface area (Å²) >= 11 is 0. The molecule has 0 aliphatic heterocycles. The van der Waals surface area contributed by atoms with E-state index in [1.54, 1.807) is 43.5 Å². The van der Waals surface area contributed by atoms with Gasteiger partial charge >= 0.3 is 0 Å². The molecule has 1 atom stereocenters. The van der Waals surface area contributed by atoms with E-state index in [1.165, 1.54) is 0 Å². The number of methoxy groups -OCH3 is 1. The van der Waals surface area contributed by atoms with Crippen LogP contribution < -0.4 is 10.1 Å². The van der Waals surface area contributed by atoms with Crippen molar-refractivity contribution in [1.29, 1.82) is 0 Å². The Morgan fingerprint density at radius 3 is 2.54 bits per heavy atom. The molecule has 7 heteroatoms. The number of rotatable bonds is 12. The minimum Gasteiger partial charge on any atom is -0.497 e. The van der Waals surface area contributed by atoms with Crippen molar-refractivity contribution in [3.05, 3.63) is 47.9 Å². The third-order valence-corrected chi connectivity index (χ3v) is 5.81. The van der Waals surface area contributed by atoms with E-state index in [4.69, 9.17) is 9.15 Å². The molecule has 0 unspecified atom stereocenters. The molecule has 154 valence electrons. The molecule has 0 bridgehead atoms. The van der Waals surface area contributed by atoms with Gasteiger partial charge in [-0.25, -0.2) is 0 Å². The highest BCUT2D eigenvalue weighted by molar-refractivity contribution is 7.84. The molecule has 2 rings (SSSR count). The van der Waals surface area contributed by atoms with E-state index in [0.717, 1.165) is 32.5 Å². The van der Waals surface area contributed by atoms with Crippen molar-refractivity contribution in [2.75, 3.05) is 33.3 Å². The number of carbonyl (C=O) groups is 1. The van der Waals surface area contributed by atoms with Crippen LogP contribution in [0.1, 0.15) is 43.0 Å². The number of hydrogen-bond acceptors (Lipinski definition) is 5. The average Bonchev–Trinajstić information content (AvgIpc) is 3.19. The van der Waals surface area contributed by atoms with Crippen LogP contribution in [0.15, 0.2) is 45.7 Å². The van der Waals surface area contributed by atoms with Gasteiger partial charge in [0.2, 0.25) is 0 Å². The molecule has 1 aromatic heterocycles. The predicted octanol–water partition coefficient (Wildman–Crippen LogP) is 3.45. The number of benzene rings is 1. The second kappa shape index (κ2) is 11.7. The quantitative estimate of drug-likeness (QED) is 0.585. The van der Waals surface area contributed by atoms with E-state index in [9.17, 15) is 9.00 Å². The Balaban J connectivity index is 1.83. The molecule has 0 aliphatic carbocycles. The molecular weight excluding hydrogens is 376 g/mol. The number of carbonyl (C=O) groups excluding carboxylic acids is 1. The SMILES string of the molecule is CCCCN(CC)CCNC(=O)c1ccc(C[S@@](=O)c2ccc(OC)cc2)o1. The van der Waals surface area contributed by atoms with E-state index in [0.29, 0.717) is 22.9 Å². The number of unbranched alkanes of at least 4 members (excludes halogenated alkanes) is 1. The maximum Gasteiger partial charge on any atom is 0.287 e. The molecule has 6 nitrogen and oxygen atoms in total. The van der Waals surface area contributed by atoms with E-state index in [-0.39, 0.29) is 17.4 Å². The van der Waals surface area contributed by atoms with E-state index in [2.05, 4.69) is 24.1 Å². The summed E-state index contributed by atoms with van der Waals surface area (Å²) in [7, 11) is 0.341. The Kier molecular flexibility index (Phi) is 9.23. The van der Waals surface area contributed by atoms with Crippen molar-refractivity contribution in [2.45, 2.75) is 37.3 Å². The van der Waals surface area contributed by atoms with Crippen LogP contribution >= 0.6 is 0 Å². The molecule has 0 saturated carbocycles. The van der Waals surface area contributed by atoms with Gasteiger partial charge in [0.05, 0.1) is 23.7 Å². The first-order valence-corrected chi connectivity index (χ1v) is 11.0. The molecule has 0 saturated heterocycles. The molecule has 0 spiro atoms. The lowest BCUT2D eigenvalue weighted by molar-refractivity contribution is 0.0919. The fourth-order valence-electron chi connectivity index (χ4n) is 2.74. The molecule has 2 aromatic rings. The molecule has 1 N–H and O–H groups in total. The van der Waals surface area contributed by atoms with Crippen molar-refractivity contribution >= 4 is 16.7 Å². The lowest BCUT2D eigenvalue weighted by Gasteiger charge is -2.19. The van der Waals surface area contributed by atoms with Crippen LogP contribution in [0, 0.1) is 0 Å². The molecule has 1 heterocycles. The van der Waals surface area contributed by atoms with Crippen LogP contribution in [-0.2, 0) is 16.6 Å².